The first-order valence-corrected chi connectivity index (χ1v) is 7.05. The zero-order valence-corrected chi connectivity index (χ0v) is 11.7. The Kier molecular flexibility index (Phi) is 3.69. The number of likely N-dealkylation sites (tertiary alicyclic amines) is 1. The number of piperidine rings is 1. The maximum absolute atomic E-state index is 11.5. The van der Waals surface area contributed by atoms with Gasteiger partial charge in [0.2, 0.25) is 0 Å². The van der Waals surface area contributed by atoms with E-state index in [1.807, 2.05) is 6.07 Å². The minimum atomic E-state index is -0.320. The number of fused-ring (bicyclic) bond motifs is 1. The van der Waals surface area contributed by atoms with Crippen LogP contribution in [0.4, 0.5) is 0 Å². The van der Waals surface area contributed by atoms with Crippen molar-refractivity contribution in [2.45, 2.75) is 25.8 Å². The number of esters is 1. The second-order valence-corrected chi connectivity index (χ2v) is 5.24. The summed E-state index contributed by atoms with van der Waals surface area (Å²) in [4.78, 5) is 21.8. The van der Waals surface area contributed by atoms with Crippen molar-refractivity contribution >= 4 is 17.0 Å². The highest BCUT2D eigenvalue weighted by atomic mass is 16.5. The first kappa shape index (κ1) is 13.1. The molecule has 1 N–H and O–H groups in total. The normalized spacial score (nSPS) is 16.4. The summed E-state index contributed by atoms with van der Waals surface area (Å²) >= 11 is 0. The molecule has 5 heteroatoms. The molecular formula is C15H19N3O2. The lowest BCUT2D eigenvalue weighted by Crippen LogP contribution is -2.29. The molecule has 3 rings (SSSR count). The van der Waals surface area contributed by atoms with Crippen molar-refractivity contribution in [3.8, 4) is 0 Å². The molecule has 0 unspecified atom stereocenters. The van der Waals surface area contributed by atoms with Crippen molar-refractivity contribution in [2.24, 2.45) is 0 Å². The minimum absolute atomic E-state index is 0.320. The predicted octanol–water partition coefficient (Wildman–Crippen LogP) is 2.34. The molecular weight excluding hydrogens is 254 g/mol. The fraction of sp³-hybridized carbons (Fsp3) is 0.467. The second-order valence-electron chi connectivity index (χ2n) is 5.24. The van der Waals surface area contributed by atoms with Gasteiger partial charge in [-0.05, 0) is 44.1 Å². The van der Waals surface area contributed by atoms with Crippen LogP contribution in [0.1, 0.15) is 35.4 Å². The van der Waals surface area contributed by atoms with Gasteiger partial charge in [-0.25, -0.2) is 9.78 Å². The number of aromatic amines is 1. The summed E-state index contributed by atoms with van der Waals surface area (Å²) in [6, 6.07) is 5.41. The topological polar surface area (TPSA) is 58.2 Å². The third-order valence-corrected chi connectivity index (χ3v) is 3.77. The van der Waals surface area contributed by atoms with Gasteiger partial charge in [0, 0.05) is 0 Å². The number of imidazole rings is 1. The monoisotopic (exact) mass is 273 g/mol. The van der Waals surface area contributed by atoms with E-state index in [-0.39, 0.29) is 5.97 Å². The summed E-state index contributed by atoms with van der Waals surface area (Å²) in [5, 5.41) is 0. The molecule has 1 fully saturated rings. The number of hydrogen-bond donors (Lipinski definition) is 1. The number of aromatic nitrogens is 2. The number of H-pyrrole nitrogens is 1. The van der Waals surface area contributed by atoms with E-state index in [1.165, 1.54) is 26.4 Å². The van der Waals surface area contributed by atoms with E-state index in [1.54, 1.807) is 12.1 Å². The molecule has 0 amide bonds. The zero-order valence-electron chi connectivity index (χ0n) is 11.7. The van der Waals surface area contributed by atoms with E-state index in [2.05, 4.69) is 14.9 Å². The molecule has 0 bridgehead atoms. The number of benzene rings is 1. The summed E-state index contributed by atoms with van der Waals surface area (Å²) in [7, 11) is 1.39. The van der Waals surface area contributed by atoms with Crippen molar-refractivity contribution in [3.05, 3.63) is 29.6 Å². The van der Waals surface area contributed by atoms with Crippen LogP contribution in [0.3, 0.4) is 0 Å². The maximum atomic E-state index is 11.5. The molecule has 106 valence electrons. The van der Waals surface area contributed by atoms with Crippen molar-refractivity contribution in [3.63, 3.8) is 0 Å². The maximum Gasteiger partial charge on any atom is 0.337 e. The molecule has 1 aliphatic rings. The number of carbonyl (C=O) groups is 1. The third kappa shape index (κ3) is 2.67. The van der Waals surface area contributed by atoms with E-state index in [0.29, 0.717) is 5.56 Å². The van der Waals surface area contributed by atoms with Gasteiger partial charge in [0.05, 0.1) is 30.3 Å². The highest BCUT2D eigenvalue weighted by molar-refractivity contribution is 5.93. The Bertz CT molecular complexity index is 615. The van der Waals surface area contributed by atoms with Gasteiger partial charge < -0.3 is 9.72 Å². The van der Waals surface area contributed by atoms with Gasteiger partial charge in [-0.15, -0.1) is 0 Å². The molecule has 2 heterocycles. The SMILES string of the molecule is COC(=O)c1ccc2nc(CN3CCCCC3)[nH]c2c1. The largest absolute Gasteiger partial charge is 0.465 e. The molecule has 1 saturated heterocycles. The number of rotatable bonds is 3. The molecule has 5 nitrogen and oxygen atoms in total. The summed E-state index contributed by atoms with van der Waals surface area (Å²) in [6.45, 7) is 3.14. The van der Waals surface area contributed by atoms with E-state index >= 15 is 0 Å². The first-order valence-electron chi connectivity index (χ1n) is 7.05. The third-order valence-electron chi connectivity index (χ3n) is 3.77. The van der Waals surface area contributed by atoms with Gasteiger partial charge in [-0.1, -0.05) is 6.42 Å². The molecule has 0 radical (unpaired) electrons. The zero-order chi connectivity index (χ0) is 13.9. The summed E-state index contributed by atoms with van der Waals surface area (Å²) < 4.78 is 4.73. The van der Waals surface area contributed by atoms with Crippen LogP contribution in [0, 0.1) is 0 Å². The van der Waals surface area contributed by atoms with Gasteiger partial charge in [0.25, 0.3) is 0 Å². The summed E-state index contributed by atoms with van der Waals surface area (Å²) in [6.07, 6.45) is 3.87. The van der Waals surface area contributed by atoms with Crippen LogP contribution >= 0.6 is 0 Å². The second kappa shape index (κ2) is 5.63. The van der Waals surface area contributed by atoms with Crippen LogP contribution in [0.25, 0.3) is 11.0 Å². The van der Waals surface area contributed by atoms with Gasteiger partial charge >= 0.3 is 5.97 Å². The van der Waals surface area contributed by atoms with Crippen molar-refractivity contribution < 1.29 is 9.53 Å². The first-order chi connectivity index (χ1) is 9.76. The van der Waals surface area contributed by atoms with Crippen LogP contribution in [-0.4, -0.2) is 41.0 Å². The molecule has 0 spiro atoms. The molecule has 1 aromatic carbocycles. The molecule has 1 aromatic heterocycles. The Morgan fingerprint density at radius 2 is 2.15 bits per heavy atom. The Balaban J connectivity index is 1.81. The summed E-state index contributed by atoms with van der Waals surface area (Å²) in [5.74, 6) is 0.642. The van der Waals surface area contributed by atoms with Crippen LogP contribution in [0.15, 0.2) is 18.2 Å². The molecule has 0 atom stereocenters. The van der Waals surface area contributed by atoms with Gasteiger partial charge in [0.1, 0.15) is 5.82 Å². The van der Waals surface area contributed by atoms with E-state index < -0.39 is 0 Å². The standard InChI is InChI=1S/C15H19N3O2/c1-20-15(19)11-5-6-12-13(9-11)17-14(16-12)10-18-7-3-2-4-8-18/h5-6,9H,2-4,7-8,10H2,1H3,(H,16,17). The van der Waals surface area contributed by atoms with Crippen LogP contribution < -0.4 is 0 Å². The van der Waals surface area contributed by atoms with Gasteiger partial charge in [-0.3, -0.25) is 4.90 Å². The van der Waals surface area contributed by atoms with E-state index in [9.17, 15) is 4.79 Å². The molecule has 20 heavy (non-hydrogen) atoms. The van der Waals surface area contributed by atoms with E-state index in [4.69, 9.17) is 4.74 Å². The van der Waals surface area contributed by atoms with Crippen molar-refractivity contribution in [1.82, 2.24) is 14.9 Å². The van der Waals surface area contributed by atoms with Gasteiger partial charge in [-0.2, -0.15) is 0 Å². The van der Waals surface area contributed by atoms with Crippen LogP contribution in [0.5, 0.6) is 0 Å². The average molecular weight is 273 g/mol. The number of hydrogen-bond acceptors (Lipinski definition) is 4. The highest BCUT2D eigenvalue weighted by Crippen LogP contribution is 2.17. The van der Waals surface area contributed by atoms with Gasteiger partial charge in [0.15, 0.2) is 0 Å². The van der Waals surface area contributed by atoms with Crippen LogP contribution in [0.2, 0.25) is 0 Å². The van der Waals surface area contributed by atoms with E-state index in [0.717, 1.165) is 36.5 Å². The lowest BCUT2D eigenvalue weighted by Gasteiger charge is -2.25. The smallest absolute Gasteiger partial charge is 0.337 e. The number of ether oxygens (including phenoxy) is 1. The Hall–Kier alpha value is -1.88. The number of methoxy groups -OCH3 is 1. The minimum Gasteiger partial charge on any atom is -0.465 e. The molecule has 0 aliphatic carbocycles. The fourth-order valence-corrected chi connectivity index (χ4v) is 2.71. The Morgan fingerprint density at radius 1 is 1.35 bits per heavy atom. The average Bonchev–Trinajstić information content (AvgIpc) is 2.88. The lowest BCUT2D eigenvalue weighted by molar-refractivity contribution is 0.0601. The lowest BCUT2D eigenvalue weighted by atomic mass is 10.1. The molecule has 2 aromatic rings. The van der Waals surface area contributed by atoms with Crippen LogP contribution in [-0.2, 0) is 11.3 Å². The molecule has 1 aliphatic heterocycles. The Labute approximate surface area is 117 Å². The van der Waals surface area contributed by atoms with Crippen molar-refractivity contribution in [1.29, 1.82) is 0 Å². The quantitative estimate of drug-likeness (QED) is 0.872. The fourth-order valence-electron chi connectivity index (χ4n) is 2.71. The van der Waals surface area contributed by atoms with Crippen molar-refractivity contribution in [2.75, 3.05) is 20.2 Å². The number of carbonyl (C=O) groups excluding carboxylic acids is 1. The predicted molar refractivity (Wildman–Crippen MR) is 76.6 cm³/mol. The summed E-state index contributed by atoms with van der Waals surface area (Å²) in [5.41, 5.74) is 2.33. The highest BCUT2D eigenvalue weighted by Gasteiger charge is 2.13. The molecule has 0 saturated carbocycles. The number of nitrogens with one attached hydrogen (secondary N) is 1. The Morgan fingerprint density at radius 3 is 2.90 bits per heavy atom. The number of nitrogens with zero attached hydrogens (tertiary/aromatic N) is 2.